The van der Waals surface area contributed by atoms with E-state index >= 15 is 0 Å². The van der Waals surface area contributed by atoms with Crippen LogP contribution in [-0.2, 0) is 20.8 Å². The van der Waals surface area contributed by atoms with Crippen molar-refractivity contribution in [1.82, 2.24) is 10.6 Å². The topological polar surface area (TPSA) is 79.8 Å². The normalized spacial score (nSPS) is 16.5. The van der Waals surface area contributed by atoms with Crippen LogP contribution in [0.4, 0.5) is 4.39 Å². The first-order valence-corrected chi connectivity index (χ1v) is 10.0. The van der Waals surface area contributed by atoms with Crippen LogP contribution >= 0.6 is 0 Å². The van der Waals surface area contributed by atoms with Gasteiger partial charge in [0.15, 0.2) is 0 Å². The molecule has 2 atom stereocenters. The van der Waals surface area contributed by atoms with Gasteiger partial charge >= 0.3 is 0 Å². The summed E-state index contributed by atoms with van der Waals surface area (Å²) < 4.78 is 13.5. The molecule has 3 rings (SSSR count). The minimum atomic E-state index is -0.862. The van der Waals surface area contributed by atoms with Crippen LogP contribution < -0.4 is 10.6 Å². The summed E-state index contributed by atoms with van der Waals surface area (Å²) in [5.41, 5.74) is 2.01. The molecule has 0 aliphatic carbocycles. The van der Waals surface area contributed by atoms with Crippen LogP contribution in [0.5, 0.6) is 0 Å². The summed E-state index contributed by atoms with van der Waals surface area (Å²) in [5.74, 6) is -0.758. The fourth-order valence-corrected chi connectivity index (χ4v) is 3.11. The molecule has 1 aliphatic heterocycles. The van der Waals surface area contributed by atoms with Gasteiger partial charge in [0, 0.05) is 24.9 Å². The number of nitrogens with zero attached hydrogens (tertiary/aromatic N) is 1. The molecule has 158 valence electrons. The molecule has 0 saturated heterocycles. The van der Waals surface area contributed by atoms with Gasteiger partial charge in [0.2, 0.25) is 12.0 Å². The molecule has 0 aromatic heterocycles. The number of hydrogen-bond donors (Lipinski definition) is 2. The Hall–Kier alpha value is -3.22. The highest BCUT2D eigenvalue weighted by Gasteiger charge is 2.32. The maximum Gasteiger partial charge on any atom is 0.265 e. The van der Waals surface area contributed by atoms with Gasteiger partial charge in [0.25, 0.3) is 5.91 Å². The summed E-state index contributed by atoms with van der Waals surface area (Å²) in [6.45, 7) is 4.53. The van der Waals surface area contributed by atoms with Gasteiger partial charge < -0.3 is 15.5 Å². The van der Waals surface area contributed by atoms with Crippen molar-refractivity contribution < 1.29 is 18.8 Å². The van der Waals surface area contributed by atoms with Gasteiger partial charge in [-0.05, 0) is 23.6 Å². The Morgan fingerprint density at radius 2 is 1.93 bits per heavy atom. The Labute approximate surface area is 175 Å². The average molecular weight is 411 g/mol. The van der Waals surface area contributed by atoms with Crippen molar-refractivity contribution in [1.29, 1.82) is 0 Å². The Morgan fingerprint density at radius 3 is 2.63 bits per heavy atom. The quantitative estimate of drug-likeness (QED) is 0.701. The molecule has 1 aliphatic rings. The monoisotopic (exact) mass is 411 g/mol. The molecule has 0 bridgehead atoms. The zero-order valence-corrected chi connectivity index (χ0v) is 17.1. The van der Waals surface area contributed by atoms with Crippen LogP contribution in [0.3, 0.4) is 0 Å². The summed E-state index contributed by atoms with van der Waals surface area (Å²) in [7, 11) is 0. The minimum absolute atomic E-state index is 0.209. The molecule has 7 heteroatoms. The first-order chi connectivity index (χ1) is 14.4. The molecule has 1 heterocycles. The number of rotatable bonds is 8. The molecule has 2 amide bonds. The Bertz CT molecular complexity index is 915. The second-order valence-electron chi connectivity index (χ2n) is 7.74. The third-order valence-corrected chi connectivity index (χ3v) is 4.72. The summed E-state index contributed by atoms with van der Waals surface area (Å²) in [4.78, 5) is 30.7. The maximum atomic E-state index is 13.5. The van der Waals surface area contributed by atoms with E-state index in [9.17, 15) is 14.0 Å². The number of nitrogens with one attached hydrogen (secondary N) is 2. The maximum absolute atomic E-state index is 13.5. The first-order valence-electron chi connectivity index (χ1n) is 10.0. The van der Waals surface area contributed by atoms with Crippen LogP contribution in [0.2, 0.25) is 0 Å². The van der Waals surface area contributed by atoms with Gasteiger partial charge in [-0.2, -0.15) is 0 Å². The molecule has 0 fully saturated rings. The van der Waals surface area contributed by atoms with E-state index in [2.05, 4.69) is 15.8 Å². The summed E-state index contributed by atoms with van der Waals surface area (Å²) in [6.07, 6.45) is -0.290. The predicted octanol–water partition coefficient (Wildman–Crippen LogP) is 2.82. The molecule has 0 radical (unpaired) electrons. The van der Waals surface area contributed by atoms with Gasteiger partial charge in [0.05, 0.1) is 5.71 Å². The van der Waals surface area contributed by atoms with Gasteiger partial charge in [-0.15, -0.1) is 0 Å². The van der Waals surface area contributed by atoms with Crippen molar-refractivity contribution in [2.45, 2.75) is 38.8 Å². The molecule has 2 N–H and O–H groups in total. The van der Waals surface area contributed by atoms with Crippen molar-refractivity contribution in [3.05, 3.63) is 71.5 Å². The number of amides is 2. The molecule has 6 nitrogen and oxygen atoms in total. The summed E-state index contributed by atoms with van der Waals surface area (Å²) in [5, 5.41) is 9.60. The van der Waals surface area contributed by atoms with E-state index in [0.29, 0.717) is 30.2 Å². The van der Waals surface area contributed by atoms with Crippen LogP contribution in [0.1, 0.15) is 31.4 Å². The molecule has 2 aromatic rings. The van der Waals surface area contributed by atoms with Crippen LogP contribution in [0.15, 0.2) is 59.8 Å². The van der Waals surface area contributed by atoms with E-state index in [1.54, 1.807) is 12.1 Å². The Kier molecular flexibility index (Phi) is 7.17. The third-order valence-electron chi connectivity index (χ3n) is 4.72. The van der Waals surface area contributed by atoms with Crippen LogP contribution in [0, 0.1) is 11.7 Å². The average Bonchev–Trinajstić information content (AvgIpc) is 3.23. The Balaban J connectivity index is 1.64. The van der Waals surface area contributed by atoms with Gasteiger partial charge in [-0.1, -0.05) is 61.5 Å². The van der Waals surface area contributed by atoms with E-state index < -0.39 is 18.1 Å². The minimum Gasteiger partial charge on any atom is -0.382 e. The predicted molar refractivity (Wildman–Crippen MR) is 112 cm³/mol. The second-order valence-corrected chi connectivity index (χ2v) is 7.74. The summed E-state index contributed by atoms with van der Waals surface area (Å²) in [6, 6.07) is 14.7. The molecule has 0 unspecified atom stereocenters. The Morgan fingerprint density at radius 1 is 1.17 bits per heavy atom. The van der Waals surface area contributed by atoms with Crippen LogP contribution in [-0.4, -0.2) is 36.2 Å². The highest BCUT2D eigenvalue weighted by Crippen LogP contribution is 2.18. The smallest absolute Gasteiger partial charge is 0.265 e. The lowest BCUT2D eigenvalue weighted by Crippen LogP contribution is -2.51. The zero-order chi connectivity index (χ0) is 21.5. The number of oxime groups is 1. The van der Waals surface area contributed by atoms with E-state index in [-0.39, 0.29) is 18.1 Å². The molecule has 30 heavy (non-hydrogen) atoms. The highest BCUT2D eigenvalue weighted by molar-refractivity contribution is 6.04. The number of benzene rings is 2. The fraction of sp³-hybridized carbons (Fsp3) is 0.348. The fourth-order valence-electron chi connectivity index (χ4n) is 3.11. The third kappa shape index (κ3) is 5.89. The van der Waals surface area contributed by atoms with Gasteiger partial charge in [-0.25, -0.2) is 4.39 Å². The second kappa shape index (κ2) is 10.0. The lowest BCUT2D eigenvalue weighted by molar-refractivity contribution is -0.135. The zero-order valence-electron chi connectivity index (χ0n) is 17.1. The number of hydrogen-bond acceptors (Lipinski definition) is 4. The SMILES string of the molecule is CC(C)CNC(=O)[C@@H](Cc1ccccc1)NC(=O)[C@@H]1CC(c2cccc(F)c2)=NO1. The molecular formula is C23H26FN3O3. The van der Waals surface area contributed by atoms with Gasteiger partial charge in [0.1, 0.15) is 11.9 Å². The van der Waals surface area contributed by atoms with Crippen molar-refractivity contribution in [3.63, 3.8) is 0 Å². The molecule has 0 saturated carbocycles. The number of halogens is 1. The number of carbonyl (C=O) groups excluding carboxylic acids is 2. The van der Waals surface area contributed by atoms with E-state index in [0.717, 1.165) is 5.56 Å². The molecular weight excluding hydrogens is 385 g/mol. The van der Waals surface area contributed by atoms with Crippen molar-refractivity contribution in [2.24, 2.45) is 11.1 Å². The van der Waals surface area contributed by atoms with E-state index in [4.69, 9.17) is 4.84 Å². The standard InChI is InChI=1S/C23H26FN3O3/c1-15(2)14-25-22(28)20(11-16-7-4-3-5-8-16)26-23(29)21-13-19(27-30-21)17-9-6-10-18(24)12-17/h3-10,12,15,20-21H,11,13-14H2,1-2H3,(H,25,28)(H,26,29)/t20-,21+/m1/s1. The first kappa shape index (κ1) is 21.5. The lowest BCUT2D eigenvalue weighted by Gasteiger charge is -2.20. The number of carbonyl (C=O) groups is 2. The highest BCUT2D eigenvalue weighted by atomic mass is 19.1. The van der Waals surface area contributed by atoms with Crippen molar-refractivity contribution in [2.75, 3.05) is 6.54 Å². The van der Waals surface area contributed by atoms with Gasteiger partial charge in [-0.3, -0.25) is 9.59 Å². The molecule has 0 spiro atoms. The van der Waals surface area contributed by atoms with Crippen molar-refractivity contribution >= 4 is 17.5 Å². The lowest BCUT2D eigenvalue weighted by atomic mass is 10.0. The largest absolute Gasteiger partial charge is 0.382 e. The van der Waals surface area contributed by atoms with E-state index in [1.165, 1.54) is 12.1 Å². The molecule has 2 aromatic carbocycles. The van der Waals surface area contributed by atoms with Crippen molar-refractivity contribution in [3.8, 4) is 0 Å². The van der Waals surface area contributed by atoms with Crippen LogP contribution in [0.25, 0.3) is 0 Å². The van der Waals surface area contributed by atoms with E-state index in [1.807, 2.05) is 44.2 Å². The summed E-state index contributed by atoms with van der Waals surface area (Å²) >= 11 is 0.